The van der Waals surface area contributed by atoms with E-state index in [0.717, 1.165) is 30.6 Å². The van der Waals surface area contributed by atoms with E-state index in [4.69, 9.17) is 14.5 Å². The molecule has 12 heteroatoms. The Hall–Kier alpha value is -3.44. The molecule has 9 nitrogen and oxygen atoms in total. The van der Waals surface area contributed by atoms with Crippen molar-refractivity contribution in [1.82, 2.24) is 29.5 Å². The van der Waals surface area contributed by atoms with Gasteiger partial charge >= 0.3 is 6.18 Å². The fraction of sp³-hybridized carbons (Fsp3) is 0.633. The van der Waals surface area contributed by atoms with E-state index in [1.165, 1.54) is 12.5 Å². The zero-order valence-electron chi connectivity index (χ0n) is 24.1. The molecule has 3 aromatic heterocycles. The summed E-state index contributed by atoms with van der Waals surface area (Å²) < 4.78 is 54.0. The van der Waals surface area contributed by atoms with Gasteiger partial charge in [-0.25, -0.2) is 24.9 Å². The third-order valence-corrected chi connectivity index (χ3v) is 11.9. The first-order valence-corrected chi connectivity index (χ1v) is 14.8. The lowest BCUT2D eigenvalue weighted by Crippen LogP contribution is -3.12. The number of ether oxygens (including phenoxy) is 2. The van der Waals surface area contributed by atoms with Gasteiger partial charge in [0.2, 0.25) is 5.88 Å². The van der Waals surface area contributed by atoms with E-state index in [1.54, 1.807) is 25.0 Å². The van der Waals surface area contributed by atoms with Gasteiger partial charge in [0.1, 0.15) is 17.7 Å². The second-order valence-electron chi connectivity index (χ2n) is 13.5. The number of methoxy groups -OCH3 is 2. The molecule has 42 heavy (non-hydrogen) atoms. The molecule has 0 amide bonds. The molecule has 7 fully saturated rings. The van der Waals surface area contributed by atoms with Crippen LogP contribution in [-0.2, 0) is 11.6 Å². The number of hydrogen-bond donors (Lipinski definition) is 0. The molecule has 0 N–H and O–H groups in total. The monoisotopic (exact) mass is 579 g/mol. The molecule has 7 saturated carbocycles. The number of aromatic nitrogens is 6. The van der Waals surface area contributed by atoms with E-state index in [9.17, 15) is 13.2 Å². The fourth-order valence-corrected chi connectivity index (χ4v) is 10.6. The maximum atomic E-state index is 13.6. The summed E-state index contributed by atoms with van der Waals surface area (Å²) in [6, 6.07) is -0.0576. The minimum atomic E-state index is -4.43. The van der Waals surface area contributed by atoms with Gasteiger partial charge in [0, 0.05) is 37.2 Å². The molecule has 10 rings (SSSR count). The van der Waals surface area contributed by atoms with Crippen LogP contribution in [0.25, 0.3) is 11.4 Å². The van der Waals surface area contributed by atoms with Crippen molar-refractivity contribution in [3.05, 3.63) is 35.9 Å². The zero-order valence-corrected chi connectivity index (χ0v) is 24.1. The maximum Gasteiger partial charge on any atom is 0.434 e. The third kappa shape index (κ3) is 2.52. The van der Waals surface area contributed by atoms with Crippen LogP contribution in [0.4, 0.5) is 19.0 Å². The first-order valence-electron chi connectivity index (χ1n) is 14.8. The van der Waals surface area contributed by atoms with Gasteiger partial charge in [-0.2, -0.15) is 13.2 Å². The summed E-state index contributed by atoms with van der Waals surface area (Å²) in [5.74, 6) is 6.31. The lowest BCUT2D eigenvalue weighted by atomic mass is 8.92. The molecular weight excluding hydrogens is 547 g/mol. The van der Waals surface area contributed by atoms with E-state index < -0.39 is 11.9 Å². The van der Waals surface area contributed by atoms with E-state index in [-0.39, 0.29) is 16.9 Å². The molecule has 0 atom stereocenters. The molecule has 220 valence electrons. The van der Waals surface area contributed by atoms with Crippen LogP contribution in [0.5, 0.6) is 11.6 Å². The summed E-state index contributed by atoms with van der Waals surface area (Å²) in [5.41, 5.74) is 0.960. The highest BCUT2D eigenvalue weighted by Crippen LogP contribution is 3.09. The van der Waals surface area contributed by atoms with Gasteiger partial charge in [0.15, 0.2) is 23.1 Å². The number of anilines is 1. The Balaban J connectivity index is 1.01. The fourth-order valence-electron chi connectivity index (χ4n) is 10.6. The topological polar surface area (TPSA) is 91.1 Å². The predicted molar refractivity (Wildman–Crippen MR) is 144 cm³/mol. The van der Waals surface area contributed by atoms with Crippen molar-refractivity contribution in [2.45, 2.75) is 50.2 Å². The Morgan fingerprint density at radius 3 is 2.26 bits per heavy atom. The molecule has 0 unspecified atom stereocenters. The third-order valence-electron chi connectivity index (χ3n) is 11.9. The molecule has 0 bridgehead atoms. The average Bonchev–Trinajstić information content (AvgIpc) is 3.72. The van der Waals surface area contributed by atoms with Crippen molar-refractivity contribution in [3.8, 4) is 23.0 Å². The van der Waals surface area contributed by atoms with E-state index in [2.05, 4.69) is 24.8 Å². The lowest BCUT2D eigenvalue weighted by molar-refractivity contribution is -0.627. The zero-order chi connectivity index (χ0) is 29.1. The number of rotatable bonds is 9. The molecule has 7 aliphatic carbocycles. The molecular formula is C30H32F3N7O2. The van der Waals surface area contributed by atoms with Gasteiger partial charge in [0.25, 0.3) is 0 Å². The Kier molecular flexibility index (Phi) is 4.51. The molecule has 0 saturated heterocycles. The van der Waals surface area contributed by atoms with Crippen LogP contribution in [0.2, 0.25) is 0 Å². The summed E-state index contributed by atoms with van der Waals surface area (Å²) in [6.45, 7) is 4.72. The number of nitrogens with zero attached hydrogens (tertiary/aromatic N) is 7. The smallest absolute Gasteiger partial charge is 0.434 e. The first-order chi connectivity index (χ1) is 20.1. The number of hydrogen-bond acceptors (Lipinski definition) is 8. The van der Waals surface area contributed by atoms with E-state index in [1.807, 2.05) is 20.9 Å². The Bertz CT molecular complexity index is 1610. The molecule has 3 aromatic rings. The van der Waals surface area contributed by atoms with Crippen molar-refractivity contribution in [1.29, 1.82) is 0 Å². The first kappa shape index (κ1) is 25.1. The van der Waals surface area contributed by atoms with Gasteiger partial charge in [-0.1, -0.05) is 0 Å². The summed E-state index contributed by atoms with van der Waals surface area (Å²) >= 11 is 0. The molecule has 0 spiro atoms. The average molecular weight is 580 g/mol. The van der Waals surface area contributed by atoms with Crippen LogP contribution in [0.15, 0.2) is 18.7 Å². The molecule has 0 aromatic carbocycles. The standard InChI is InChI=1S/C30H32F3N7O2/c1-12(2)40-9-15(30(31,32)33)37-27(40)29-20-17-21(29)19-22(29)18(20)28(17,19)10-39(3)25-14(41-4)8-34-24(38-25)16-23(13-6-7-13)35-11-36-26(16)42-5/h8-9,11-13,17-22H,6-7,10H2,1-5H3. The van der Waals surface area contributed by atoms with Gasteiger partial charge in [-0.15, -0.1) is 0 Å². The molecule has 3 heterocycles. The van der Waals surface area contributed by atoms with E-state index >= 15 is 0 Å². The number of imidazole rings is 1. The lowest BCUT2D eigenvalue weighted by Gasteiger charge is -3.11. The molecule has 7 aliphatic rings. The predicted octanol–water partition coefficient (Wildman–Crippen LogP) is 4.75. The van der Waals surface area contributed by atoms with Crippen molar-refractivity contribution in [3.63, 3.8) is 0 Å². The molecule has 0 aliphatic heterocycles. The largest absolute Gasteiger partial charge is 0.491 e. The van der Waals surface area contributed by atoms with Gasteiger partial charge in [-0.05, 0) is 67.6 Å². The highest BCUT2D eigenvalue weighted by atomic mass is 19.4. The van der Waals surface area contributed by atoms with Crippen molar-refractivity contribution >= 4 is 5.82 Å². The van der Waals surface area contributed by atoms with Crippen LogP contribution in [0, 0.1) is 40.9 Å². The van der Waals surface area contributed by atoms with Crippen molar-refractivity contribution < 1.29 is 22.6 Å². The van der Waals surface area contributed by atoms with Crippen LogP contribution < -0.4 is 14.4 Å². The highest BCUT2D eigenvalue weighted by molar-refractivity contribution is 5.69. The van der Waals surface area contributed by atoms with Crippen LogP contribution in [-0.4, -0.2) is 57.3 Å². The van der Waals surface area contributed by atoms with Crippen molar-refractivity contribution in [2.75, 3.05) is 32.7 Å². The van der Waals surface area contributed by atoms with Gasteiger partial charge in [0.05, 0.1) is 26.1 Å². The second-order valence-corrected chi connectivity index (χ2v) is 13.5. The maximum absolute atomic E-state index is 13.6. The molecule has 0 radical (unpaired) electrons. The quantitative estimate of drug-likeness (QED) is 0.359. The minimum Gasteiger partial charge on any atom is -0.491 e. The Morgan fingerprint density at radius 1 is 1.00 bits per heavy atom. The van der Waals surface area contributed by atoms with Crippen LogP contribution in [0.1, 0.15) is 55.9 Å². The van der Waals surface area contributed by atoms with Crippen LogP contribution >= 0.6 is 0 Å². The Labute approximate surface area is 240 Å². The number of alkyl halides is 3. The normalized spacial score (nSPS) is 35.8. The summed E-state index contributed by atoms with van der Waals surface area (Å²) in [7, 11) is 5.26. The number of halogens is 3. The van der Waals surface area contributed by atoms with Crippen molar-refractivity contribution in [2.24, 2.45) is 40.9 Å². The Morgan fingerprint density at radius 2 is 1.69 bits per heavy atom. The van der Waals surface area contributed by atoms with Gasteiger partial charge < -0.3 is 18.9 Å². The minimum absolute atomic E-state index is 0.0576. The second kappa shape index (κ2) is 7.55. The summed E-state index contributed by atoms with van der Waals surface area (Å²) in [5, 5.41) is 0. The van der Waals surface area contributed by atoms with E-state index in [0.29, 0.717) is 70.5 Å². The SMILES string of the molecule is COc1cnc(-c2c(OC)ncnc2C2CC2)nc1N(C)CC12C3C4C1C1C2C3C41c1nc(C(F)(F)F)cn1C(C)C. The summed E-state index contributed by atoms with van der Waals surface area (Å²) in [4.78, 5) is 24.9. The summed E-state index contributed by atoms with van der Waals surface area (Å²) in [6.07, 6.45) is 2.18. The highest BCUT2D eigenvalue weighted by Gasteiger charge is 3.10. The van der Waals surface area contributed by atoms with Gasteiger partial charge in [-0.3, -0.25) is 0 Å². The van der Waals surface area contributed by atoms with Crippen LogP contribution in [0.3, 0.4) is 0 Å².